The molecule has 2 aromatic carbocycles. The lowest BCUT2D eigenvalue weighted by Gasteiger charge is -2.22. The average Bonchev–Trinajstić information content (AvgIpc) is 2.95. The highest BCUT2D eigenvalue weighted by Gasteiger charge is 2.21. The molecule has 29 heavy (non-hydrogen) atoms. The highest BCUT2D eigenvalue weighted by molar-refractivity contribution is 5.99. The Morgan fingerprint density at radius 3 is 2.55 bits per heavy atom. The van der Waals surface area contributed by atoms with Crippen LogP contribution in [0.15, 0.2) is 42.5 Å². The fourth-order valence-electron chi connectivity index (χ4n) is 3.80. The van der Waals surface area contributed by atoms with Crippen LogP contribution in [0, 0.1) is 19.7 Å². The van der Waals surface area contributed by atoms with Crippen molar-refractivity contribution in [2.24, 2.45) is 0 Å². The third-order valence-electron chi connectivity index (χ3n) is 5.55. The van der Waals surface area contributed by atoms with Crippen LogP contribution in [0.25, 0.3) is 0 Å². The molecule has 1 aliphatic rings. The quantitative estimate of drug-likeness (QED) is 0.689. The molecule has 3 rings (SSSR count). The summed E-state index contributed by atoms with van der Waals surface area (Å²) in [6.45, 7) is 7.29. The second-order valence-corrected chi connectivity index (χ2v) is 7.84. The Bertz CT molecular complexity index is 881. The van der Waals surface area contributed by atoms with Crippen LogP contribution in [0.3, 0.4) is 0 Å². The minimum absolute atomic E-state index is 0.0237. The molecule has 2 aromatic rings. The highest BCUT2D eigenvalue weighted by Crippen LogP contribution is 2.16. The minimum atomic E-state index is -0.186. The molecule has 0 unspecified atom stereocenters. The van der Waals surface area contributed by atoms with Crippen molar-refractivity contribution in [3.63, 3.8) is 0 Å². The summed E-state index contributed by atoms with van der Waals surface area (Å²) >= 11 is 0. The second kappa shape index (κ2) is 9.79. The van der Waals surface area contributed by atoms with Gasteiger partial charge < -0.3 is 4.90 Å². The molecular formula is C24H29FN2O2. The van der Waals surface area contributed by atoms with E-state index in [1.54, 1.807) is 6.07 Å². The number of carbonyl (C=O) groups is 2. The number of amides is 1. The number of benzene rings is 2. The van der Waals surface area contributed by atoms with E-state index in [0.29, 0.717) is 37.3 Å². The zero-order chi connectivity index (χ0) is 20.8. The number of hydrogen-bond donors (Lipinski definition) is 0. The highest BCUT2D eigenvalue weighted by atomic mass is 19.1. The van der Waals surface area contributed by atoms with Gasteiger partial charge in [-0.1, -0.05) is 35.9 Å². The maximum Gasteiger partial charge on any atom is 0.223 e. The molecule has 1 saturated heterocycles. The smallest absolute Gasteiger partial charge is 0.223 e. The van der Waals surface area contributed by atoms with Gasteiger partial charge in [-0.05, 0) is 38.0 Å². The van der Waals surface area contributed by atoms with Gasteiger partial charge in [-0.3, -0.25) is 14.5 Å². The summed E-state index contributed by atoms with van der Waals surface area (Å²) in [4.78, 5) is 29.2. The lowest BCUT2D eigenvalue weighted by Crippen LogP contribution is -2.35. The van der Waals surface area contributed by atoms with E-state index in [-0.39, 0.29) is 30.3 Å². The van der Waals surface area contributed by atoms with E-state index in [1.165, 1.54) is 6.07 Å². The normalized spacial score (nSPS) is 15.2. The zero-order valence-electron chi connectivity index (χ0n) is 17.3. The van der Waals surface area contributed by atoms with Gasteiger partial charge in [-0.25, -0.2) is 4.39 Å². The van der Waals surface area contributed by atoms with E-state index in [9.17, 15) is 14.0 Å². The topological polar surface area (TPSA) is 40.6 Å². The number of carbonyl (C=O) groups excluding carboxylic acids is 2. The molecule has 1 aliphatic heterocycles. The third-order valence-corrected chi connectivity index (χ3v) is 5.55. The number of halogens is 1. The van der Waals surface area contributed by atoms with Crippen molar-refractivity contribution in [1.82, 2.24) is 9.80 Å². The maximum atomic E-state index is 13.9. The van der Waals surface area contributed by atoms with Crippen molar-refractivity contribution < 1.29 is 14.0 Å². The van der Waals surface area contributed by atoms with Gasteiger partial charge in [-0.2, -0.15) is 0 Å². The molecule has 0 aliphatic carbocycles. The summed E-state index contributed by atoms with van der Waals surface area (Å²) in [6.07, 6.45) is 1.32. The van der Waals surface area contributed by atoms with Gasteiger partial charge in [0.2, 0.25) is 5.91 Å². The molecule has 1 heterocycles. The fraction of sp³-hybridized carbons (Fsp3) is 0.417. The average molecular weight is 397 g/mol. The van der Waals surface area contributed by atoms with E-state index < -0.39 is 0 Å². The van der Waals surface area contributed by atoms with E-state index in [4.69, 9.17) is 0 Å². The van der Waals surface area contributed by atoms with E-state index in [0.717, 1.165) is 24.1 Å². The molecule has 154 valence electrons. The Morgan fingerprint density at radius 2 is 1.76 bits per heavy atom. The molecule has 0 bridgehead atoms. The van der Waals surface area contributed by atoms with Crippen LogP contribution < -0.4 is 0 Å². The number of rotatable bonds is 6. The van der Waals surface area contributed by atoms with Gasteiger partial charge in [0.1, 0.15) is 5.82 Å². The predicted molar refractivity (Wildman–Crippen MR) is 112 cm³/mol. The standard InChI is InChI=1S/C24H29FN2O2/c1-18-8-9-19(2)21(16-18)23(28)10-11-24(29)27-13-5-12-26(14-15-27)17-20-6-3-4-7-22(20)25/h3-4,6-9,16H,5,10-15,17H2,1-2H3. The molecule has 0 N–H and O–H groups in total. The molecule has 1 fully saturated rings. The Kier molecular flexibility index (Phi) is 7.15. The molecule has 5 heteroatoms. The van der Waals surface area contributed by atoms with Gasteiger partial charge >= 0.3 is 0 Å². The van der Waals surface area contributed by atoms with Crippen molar-refractivity contribution in [3.8, 4) is 0 Å². The van der Waals surface area contributed by atoms with Crippen LogP contribution >= 0.6 is 0 Å². The van der Waals surface area contributed by atoms with Crippen molar-refractivity contribution in [3.05, 3.63) is 70.5 Å². The van der Waals surface area contributed by atoms with E-state index >= 15 is 0 Å². The van der Waals surface area contributed by atoms with Crippen LogP contribution in [0.1, 0.15) is 46.3 Å². The fourth-order valence-corrected chi connectivity index (χ4v) is 3.80. The SMILES string of the molecule is Cc1ccc(C)c(C(=O)CCC(=O)N2CCCN(Cc3ccccc3F)CC2)c1. The Labute approximate surface area is 172 Å². The largest absolute Gasteiger partial charge is 0.341 e. The summed E-state index contributed by atoms with van der Waals surface area (Å²) in [5.41, 5.74) is 3.40. The van der Waals surface area contributed by atoms with Crippen LogP contribution in [-0.4, -0.2) is 47.7 Å². The summed E-state index contributed by atoms with van der Waals surface area (Å²) in [5, 5.41) is 0. The first-order chi connectivity index (χ1) is 13.9. The van der Waals surface area contributed by atoms with E-state index in [2.05, 4.69) is 4.90 Å². The number of hydrogen-bond acceptors (Lipinski definition) is 3. The molecule has 0 aromatic heterocycles. The molecule has 0 spiro atoms. The second-order valence-electron chi connectivity index (χ2n) is 7.84. The van der Waals surface area contributed by atoms with Crippen LogP contribution in [0.2, 0.25) is 0 Å². The zero-order valence-corrected chi connectivity index (χ0v) is 17.3. The van der Waals surface area contributed by atoms with Crippen molar-refractivity contribution in [2.45, 2.75) is 39.7 Å². The van der Waals surface area contributed by atoms with Gasteiger partial charge in [0, 0.05) is 56.7 Å². The van der Waals surface area contributed by atoms with Crippen molar-refractivity contribution in [2.75, 3.05) is 26.2 Å². The number of nitrogens with zero attached hydrogens (tertiary/aromatic N) is 2. The van der Waals surface area contributed by atoms with E-state index in [1.807, 2.05) is 49.1 Å². The lowest BCUT2D eigenvalue weighted by atomic mass is 9.99. The summed E-state index contributed by atoms with van der Waals surface area (Å²) < 4.78 is 13.9. The van der Waals surface area contributed by atoms with Crippen molar-refractivity contribution >= 4 is 11.7 Å². The molecule has 0 atom stereocenters. The van der Waals surface area contributed by atoms with Crippen LogP contribution in [0.5, 0.6) is 0 Å². The summed E-state index contributed by atoms with van der Waals surface area (Å²) in [6, 6.07) is 12.7. The lowest BCUT2D eigenvalue weighted by molar-refractivity contribution is -0.131. The first-order valence-corrected chi connectivity index (χ1v) is 10.3. The Morgan fingerprint density at radius 1 is 0.966 bits per heavy atom. The first kappa shape index (κ1) is 21.2. The summed E-state index contributed by atoms with van der Waals surface area (Å²) in [7, 11) is 0. The molecule has 0 radical (unpaired) electrons. The number of Topliss-reactive ketones (excluding diaryl/α,β-unsaturated/α-hetero) is 1. The number of aryl methyl sites for hydroxylation is 2. The third kappa shape index (κ3) is 5.73. The van der Waals surface area contributed by atoms with Gasteiger partial charge in [0.15, 0.2) is 5.78 Å². The summed E-state index contributed by atoms with van der Waals surface area (Å²) in [5.74, 6) is -0.137. The molecule has 4 nitrogen and oxygen atoms in total. The Balaban J connectivity index is 1.51. The Hall–Kier alpha value is -2.53. The monoisotopic (exact) mass is 396 g/mol. The first-order valence-electron chi connectivity index (χ1n) is 10.3. The molecular weight excluding hydrogens is 367 g/mol. The van der Waals surface area contributed by atoms with Gasteiger partial charge in [-0.15, -0.1) is 0 Å². The predicted octanol–water partition coefficient (Wildman–Crippen LogP) is 4.14. The van der Waals surface area contributed by atoms with Gasteiger partial charge in [0.05, 0.1) is 0 Å². The van der Waals surface area contributed by atoms with Crippen LogP contribution in [-0.2, 0) is 11.3 Å². The van der Waals surface area contributed by atoms with Crippen LogP contribution in [0.4, 0.5) is 4.39 Å². The van der Waals surface area contributed by atoms with Gasteiger partial charge in [0.25, 0.3) is 0 Å². The minimum Gasteiger partial charge on any atom is -0.341 e. The molecule has 0 saturated carbocycles. The maximum absolute atomic E-state index is 13.9. The number of ketones is 1. The van der Waals surface area contributed by atoms with Crippen molar-refractivity contribution in [1.29, 1.82) is 0 Å². The molecule has 1 amide bonds.